The summed E-state index contributed by atoms with van der Waals surface area (Å²) in [5.74, 6) is -0.214. The average molecular weight is 379 g/mol. The lowest BCUT2D eigenvalue weighted by molar-refractivity contribution is -0.131. The number of fused-ring (bicyclic) bond motifs is 1. The van der Waals surface area contributed by atoms with Gasteiger partial charge >= 0.3 is 0 Å². The molecule has 1 saturated heterocycles. The number of carbonyl (C=O) groups excluding carboxylic acids is 3. The minimum Gasteiger partial charge on any atom is -0.497 e. The van der Waals surface area contributed by atoms with Gasteiger partial charge in [0.1, 0.15) is 12.3 Å². The Hall–Kier alpha value is -3.35. The first kappa shape index (κ1) is 18.0. The number of hydrogen-bond acceptors (Lipinski definition) is 5. The molecule has 1 fully saturated rings. The Balaban J connectivity index is 1.37. The largest absolute Gasteiger partial charge is 0.497 e. The number of piperazine rings is 1. The SMILES string of the molecule is COc1cccc(N2CCN(C(=O)CN3C(=O)c4ccccc4C3=O)CC2)c1. The molecule has 2 aromatic carbocycles. The van der Waals surface area contributed by atoms with Gasteiger partial charge < -0.3 is 14.5 Å². The summed E-state index contributed by atoms with van der Waals surface area (Å²) in [6, 6.07) is 14.5. The first-order chi connectivity index (χ1) is 13.6. The van der Waals surface area contributed by atoms with Crippen LogP contribution in [0, 0.1) is 0 Å². The third-order valence-corrected chi connectivity index (χ3v) is 5.22. The predicted octanol–water partition coefficient (Wildman–Crippen LogP) is 1.64. The molecule has 2 heterocycles. The van der Waals surface area contributed by atoms with Crippen molar-refractivity contribution in [3.63, 3.8) is 0 Å². The molecule has 2 aliphatic heterocycles. The number of nitrogens with zero attached hydrogens (tertiary/aromatic N) is 3. The normalized spacial score (nSPS) is 16.4. The van der Waals surface area contributed by atoms with E-state index in [-0.39, 0.29) is 12.5 Å². The molecule has 0 aliphatic carbocycles. The molecule has 0 bridgehead atoms. The van der Waals surface area contributed by atoms with Gasteiger partial charge in [-0.1, -0.05) is 18.2 Å². The van der Waals surface area contributed by atoms with Gasteiger partial charge in [-0.05, 0) is 24.3 Å². The molecule has 2 aliphatic rings. The van der Waals surface area contributed by atoms with Crippen molar-refractivity contribution in [3.8, 4) is 5.75 Å². The van der Waals surface area contributed by atoms with Crippen LogP contribution in [0.3, 0.4) is 0 Å². The Kier molecular flexibility index (Phi) is 4.73. The minimum absolute atomic E-state index is 0.209. The van der Waals surface area contributed by atoms with Crippen molar-refractivity contribution >= 4 is 23.4 Å². The molecule has 4 rings (SSSR count). The molecule has 144 valence electrons. The molecule has 7 heteroatoms. The summed E-state index contributed by atoms with van der Waals surface area (Å²) in [6.45, 7) is 2.23. The van der Waals surface area contributed by atoms with Gasteiger partial charge in [0.2, 0.25) is 5.91 Å². The Labute approximate surface area is 163 Å². The van der Waals surface area contributed by atoms with E-state index in [1.54, 1.807) is 36.3 Å². The Bertz CT molecular complexity index is 900. The molecule has 0 atom stereocenters. The zero-order valence-electron chi connectivity index (χ0n) is 15.6. The summed E-state index contributed by atoms with van der Waals surface area (Å²) < 4.78 is 5.27. The Morgan fingerprint density at radius 1 is 0.929 bits per heavy atom. The van der Waals surface area contributed by atoms with Crippen LogP contribution >= 0.6 is 0 Å². The topological polar surface area (TPSA) is 70.2 Å². The highest BCUT2D eigenvalue weighted by molar-refractivity contribution is 6.22. The Morgan fingerprint density at radius 2 is 1.57 bits per heavy atom. The van der Waals surface area contributed by atoms with Crippen molar-refractivity contribution < 1.29 is 19.1 Å². The van der Waals surface area contributed by atoms with Crippen molar-refractivity contribution in [3.05, 3.63) is 59.7 Å². The Morgan fingerprint density at radius 3 is 2.18 bits per heavy atom. The van der Waals surface area contributed by atoms with E-state index in [9.17, 15) is 14.4 Å². The third-order valence-electron chi connectivity index (χ3n) is 5.22. The molecule has 0 aromatic heterocycles. The van der Waals surface area contributed by atoms with Crippen molar-refractivity contribution in [2.75, 3.05) is 44.7 Å². The summed E-state index contributed by atoms with van der Waals surface area (Å²) in [6.07, 6.45) is 0. The first-order valence-electron chi connectivity index (χ1n) is 9.20. The second-order valence-electron chi connectivity index (χ2n) is 6.81. The van der Waals surface area contributed by atoms with E-state index in [0.29, 0.717) is 37.3 Å². The lowest BCUT2D eigenvalue weighted by Gasteiger charge is -2.36. The van der Waals surface area contributed by atoms with Crippen molar-refractivity contribution in [1.82, 2.24) is 9.80 Å². The smallest absolute Gasteiger partial charge is 0.262 e. The standard InChI is InChI=1S/C21H21N3O4/c1-28-16-6-4-5-15(13-16)22-9-11-23(12-10-22)19(25)14-24-20(26)17-7-2-3-8-18(17)21(24)27/h2-8,13H,9-12,14H2,1H3. The van der Waals surface area contributed by atoms with E-state index < -0.39 is 11.8 Å². The highest BCUT2D eigenvalue weighted by Gasteiger charge is 2.37. The lowest BCUT2D eigenvalue weighted by Crippen LogP contribution is -2.51. The predicted molar refractivity (Wildman–Crippen MR) is 104 cm³/mol. The quantitative estimate of drug-likeness (QED) is 0.756. The zero-order valence-corrected chi connectivity index (χ0v) is 15.6. The molecule has 7 nitrogen and oxygen atoms in total. The van der Waals surface area contributed by atoms with Gasteiger partial charge in [0.25, 0.3) is 11.8 Å². The summed E-state index contributed by atoms with van der Waals surface area (Å²) in [5, 5.41) is 0. The fourth-order valence-corrected chi connectivity index (χ4v) is 3.64. The monoisotopic (exact) mass is 379 g/mol. The average Bonchev–Trinajstić information content (AvgIpc) is 2.99. The van der Waals surface area contributed by atoms with Crippen LogP contribution in [-0.2, 0) is 4.79 Å². The maximum atomic E-state index is 12.7. The number of amides is 3. The van der Waals surface area contributed by atoms with Crippen LogP contribution in [0.5, 0.6) is 5.75 Å². The van der Waals surface area contributed by atoms with Crippen LogP contribution in [0.4, 0.5) is 5.69 Å². The highest BCUT2D eigenvalue weighted by atomic mass is 16.5. The van der Waals surface area contributed by atoms with Crippen LogP contribution in [0.1, 0.15) is 20.7 Å². The van der Waals surface area contributed by atoms with Gasteiger partial charge in [-0.3, -0.25) is 19.3 Å². The van der Waals surface area contributed by atoms with E-state index in [1.807, 2.05) is 24.3 Å². The van der Waals surface area contributed by atoms with E-state index >= 15 is 0 Å². The maximum absolute atomic E-state index is 12.7. The zero-order chi connectivity index (χ0) is 19.7. The number of carbonyl (C=O) groups is 3. The lowest BCUT2D eigenvalue weighted by atomic mass is 10.1. The summed E-state index contributed by atoms with van der Waals surface area (Å²) in [5.41, 5.74) is 1.78. The van der Waals surface area contributed by atoms with Crippen LogP contribution in [-0.4, -0.2) is 67.4 Å². The number of anilines is 1. The van der Waals surface area contributed by atoms with E-state index in [0.717, 1.165) is 16.3 Å². The molecular weight excluding hydrogens is 358 g/mol. The van der Waals surface area contributed by atoms with Gasteiger partial charge in [0, 0.05) is 37.9 Å². The van der Waals surface area contributed by atoms with Gasteiger partial charge in [-0.2, -0.15) is 0 Å². The van der Waals surface area contributed by atoms with E-state index in [1.165, 1.54) is 0 Å². The summed E-state index contributed by atoms with van der Waals surface area (Å²) in [7, 11) is 1.63. The fourth-order valence-electron chi connectivity index (χ4n) is 3.64. The minimum atomic E-state index is -0.399. The van der Waals surface area contributed by atoms with Crippen LogP contribution in [0.2, 0.25) is 0 Å². The van der Waals surface area contributed by atoms with Crippen molar-refractivity contribution in [2.24, 2.45) is 0 Å². The van der Waals surface area contributed by atoms with Gasteiger partial charge in [-0.25, -0.2) is 0 Å². The van der Waals surface area contributed by atoms with Gasteiger partial charge in [0.05, 0.1) is 18.2 Å². The first-order valence-corrected chi connectivity index (χ1v) is 9.20. The molecule has 0 spiro atoms. The number of ether oxygens (including phenoxy) is 1. The van der Waals surface area contributed by atoms with Crippen LogP contribution in [0.15, 0.2) is 48.5 Å². The number of rotatable bonds is 4. The molecular formula is C21H21N3O4. The fraction of sp³-hybridized carbons (Fsp3) is 0.286. The number of hydrogen-bond donors (Lipinski definition) is 0. The molecule has 2 aromatic rings. The maximum Gasteiger partial charge on any atom is 0.262 e. The molecule has 28 heavy (non-hydrogen) atoms. The molecule has 0 saturated carbocycles. The molecule has 3 amide bonds. The van der Waals surface area contributed by atoms with Crippen molar-refractivity contribution in [1.29, 1.82) is 0 Å². The van der Waals surface area contributed by atoms with E-state index in [4.69, 9.17) is 4.74 Å². The molecule has 0 unspecified atom stereocenters. The van der Waals surface area contributed by atoms with Crippen molar-refractivity contribution in [2.45, 2.75) is 0 Å². The highest BCUT2D eigenvalue weighted by Crippen LogP contribution is 2.24. The van der Waals surface area contributed by atoms with E-state index in [2.05, 4.69) is 4.90 Å². The second-order valence-corrected chi connectivity index (χ2v) is 6.81. The summed E-state index contributed by atoms with van der Waals surface area (Å²) >= 11 is 0. The third kappa shape index (κ3) is 3.19. The number of imide groups is 1. The number of methoxy groups -OCH3 is 1. The summed E-state index contributed by atoms with van der Waals surface area (Å²) in [4.78, 5) is 42.5. The van der Waals surface area contributed by atoms with Crippen LogP contribution < -0.4 is 9.64 Å². The molecule has 0 radical (unpaired) electrons. The number of benzene rings is 2. The van der Waals surface area contributed by atoms with Gasteiger partial charge in [0.15, 0.2) is 0 Å². The second kappa shape index (κ2) is 7.34. The van der Waals surface area contributed by atoms with Crippen LogP contribution in [0.25, 0.3) is 0 Å². The molecule has 0 N–H and O–H groups in total. The van der Waals surface area contributed by atoms with Gasteiger partial charge in [-0.15, -0.1) is 0 Å².